The van der Waals surface area contributed by atoms with Crippen LogP contribution < -0.4 is 19.5 Å². The second kappa shape index (κ2) is 9.51. The second-order valence-corrected chi connectivity index (χ2v) is 8.09. The first-order valence-corrected chi connectivity index (χ1v) is 10.9. The van der Waals surface area contributed by atoms with Crippen molar-refractivity contribution in [2.45, 2.75) is 0 Å². The van der Waals surface area contributed by atoms with Gasteiger partial charge in [-0.15, -0.1) is 0 Å². The Kier molecular flexibility index (Phi) is 6.53. The summed E-state index contributed by atoms with van der Waals surface area (Å²) in [5.41, 5.74) is 0.816. The summed E-state index contributed by atoms with van der Waals surface area (Å²) in [6.07, 6.45) is 0. The second-order valence-electron chi connectivity index (χ2n) is 6.83. The maximum Gasteiger partial charge on any atom is 0.263 e. The van der Waals surface area contributed by atoms with E-state index in [1.807, 2.05) is 36.4 Å². The zero-order valence-corrected chi connectivity index (χ0v) is 19.7. The van der Waals surface area contributed by atoms with Crippen molar-refractivity contribution in [1.82, 2.24) is 0 Å². The molecule has 4 rings (SSSR count). The molecule has 0 heterocycles. The molecule has 0 fully saturated rings. The van der Waals surface area contributed by atoms with Crippen LogP contribution in [0.3, 0.4) is 0 Å². The zero-order valence-electron chi connectivity index (χ0n) is 17.3. The standard InChI is InChI=1S/C25H19BrClNO4/c1-30-22-8-5-9-23(31-2)24(22)25(29)28-15-10-12-21(19(27)14-15)32-20-13-11-18(26)16-6-3-4-7-17(16)20/h3-14H,1-2H3,(H,28,29). The molecular weight excluding hydrogens is 494 g/mol. The van der Waals surface area contributed by atoms with E-state index in [4.69, 9.17) is 25.8 Å². The summed E-state index contributed by atoms with van der Waals surface area (Å²) < 4.78 is 17.7. The number of carbonyl (C=O) groups is 1. The van der Waals surface area contributed by atoms with E-state index in [0.29, 0.717) is 39.3 Å². The van der Waals surface area contributed by atoms with Gasteiger partial charge in [-0.3, -0.25) is 4.79 Å². The molecule has 0 unspecified atom stereocenters. The van der Waals surface area contributed by atoms with Crippen molar-refractivity contribution >= 4 is 49.9 Å². The number of benzene rings is 4. The normalized spacial score (nSPS) is 10.6. The lowest BCUT2D eigenvalue weighted by Crippen LogP contribution is -2.14. The molecule has 0 aliphatic heterocycles. The maximum atomic E-state index is 12.9. The van der Waals surface area contributed by atoms with E-state index in [2.05, 4.69) is 21.2 Å². The van der Waals surface area contributed by atoms with Crippen molar-refractivity contribution in [2.24, 2.45) is 0 Å². The van der Waals surface area contributed by atoms with E-state index in [1.165, 1.54) is 14.2 Å². The Morgan fingerprint density at radius 2 is 1.47 bits per heavy atom. The van der Waals surface area contributed by atoms with Crippen LogP contribution in [0.5, 0.6) is 23.0 Å². The Balaban J connectivity index is 1.59. The molecule has 0 aliphatic rings. The Morgan fingerprint density at radius 3 is 2.12 bits per heavy atom. The number of amides is 1. The molecular formula is C25H19BrClNO4. The average molecular weight is 513 g/mol. The van der Waals surface area contributed by atoms with E-state index in [0.717, 1.165) is 15.2 Å². The Hall–Kier alpha value is -3.22. The van der Waals surface area contributed by atoms with Crippen LogP contribution in [-0.4, -0.2) is 20.1 Å². The summed E-state index contributed by atoms with van der Waals surface area (Å²) in [5, 5.41) is 5.19. The van der Waals surface area contributed by atoms with Gasteiger partial charge < -0.3 is 19.5 Å². The minimum Gasteiger partial charge on any atom is -0.496 e. The molecule has 4 aromatic rings. The minimum absolute atomic E-state index is 0.301. The number of halogens is 2. The summed E-state index contributed by atoms with van der Waals surface area (Å²) >= 11 is 10.0. The third-order valence-corrected chi connectivity index (χ3v) is 5.88. The molecule has 0 atom stereocenters. The van der Waals surface area contributed by atoms with Gasteiger partial charge in [0.15, 0.2) is 0 Å². The molecule has 7 heteroatoms. The van der Waals surface area contributed by atoms with Crippen LogP contribution in [0, 0.1) is 0 Å². The van der Waals surface area contributed by atoms with Crippen LogP contribution in [0.2, 0.25) is 5.02 Å². The first kappa shape index (κ1) is 22.0. The molecule has 0 aliphatic carbocycles. The maximum absolute atomic E-state index is 12.9. The van der Waals surface area contributed by atoms with Gasteiger partial charge in [0.1, 0.15) is 28.6 Å². The first-order valence-electron chi connectivity index (χ1n) is 9.69. The number of anilines is 1. The number of nitrogens with one attached hydrogen (secondary N) is 1. The van der Waals surface area contributed by atoms with Crippen LogP contribution in [0.4, 0.5) is 5.69 Å². The van der Waals surface area contributed by atoms with Crippen LogP contribution in [0.1, 0.15) is 10.4 Å². The van der Waals surface area contributed by atoms with Gasteiger partial charge in [-0.25, -0.2) is 0 Å². The first-order chi connectivity index (χ1) is 15.5. The van der Waals surface area contributed by atoms with E-state index < -0.39 is 0 Å². The highest BCUT2D eigenvalue weighted by Gasteiger charge is 2.19. The number of methoxy groups -OCH3 is 2. The van der Waals surface area contributed by atoms with Crippen LogP contribution in [-0.2, 0) is 0 Å². The van der Waals surface area contributed by atoms with Crippen molar-refractivity contribution < 1.29 is 19.0 Å². The third kappa shape index (κ3) is 4.38. The van der Waals surface area contributed by atoms with Gasteiger partial charge in [-0.1, -0.05) is 57.9 Å². The molecule has 4 aromatic carbocycles. The third-order valence-electron chi connectivity index (χ3n) is 4.90. The largest absolute Gasteiger partial charge is 0.496 e. The minimum atomic E-state index is -0.372. The number of hydrogen-bond acceptors (Lipinski definition) is 4. The zero-order chi connectivity index (χ0) is 22.7. The predicted molar refractivity (Wildman–Crippen MR) is 131 cm³/mol. The van der Waals surface area contributed by atoms with E-state index in [9.17, 15) is 4.79 Å². The molecule has 32 heavy (non-hydrogen) atoms. The van der Waals surface area contributed by atoms with Gasteiger partial charge in [-0.2, -0.15) is 0 Å². The fourth-order valence-electron chi connectivity index (χ4n) is 3.37. The number of rotatable bonds is 6. The lowest BCUT2D eigenvalue weighted by atomic mass is 10.1. The average Bonchev–Trinajstić information content (AvgIpc) is 2.81. The van der Waals surface area contributed by atoms with Crippen molar-refractivity contribution in [1.29, 1.82) is 0 Å². The van der Waals surface area contributed by atoms with Crippen LogP contribution in [0.15, 0.2) is 77.3 Å². The quantitative estimate of drug-likeness (QED) is 0.294. The molecule has 0 aromatic heterocycles. The van der Waals surface area contributed by atoms with Crippen molar-refractivity contribution in [3.8, 4) is 23.0 Å². The van der Waals surface area contributed by atoms with E-state index in [-0.39, 0.29) is 5.91 Å². The summed E-state index contributed by atoms with van der Waals surface area (Å²) in [5.74, 6) is 1.61. The van der Waals surface area contributed by atoms with Gasteiger partial charge in [0.25, 0.3) is 5.91 Å². The van der Waals surface area contributed by atoms with Crippen molar-refractivity contribution in [3.63, 3.8) is 0 Å². The molecule has 162 valence electrons. The smallest absolute Gasteiger partial charge is 0.263 e. The summed E-state index contributed by atoms with van der Waals surface area (Å²) in [7, 11) is 3.00. The van der Waals surface area contributed by atoms with Crippen molar-refractivity contribution in [3.05, 3.63) is 87.9 Å². The fraction of sp³-hybridized carbons (Fsp3) is 0.0800. The highest BCUT2D eigenvalue weighted by molar-refractivity contribution is 9.10. The van der Waals surface area contributed by atoms with E-state index >= 15 is 0 Å². The Bertz CT molecular complexity index is 1290. The fourth-order valence-corrected chi connectivity index (χ4v) is 4.07. The molecule has 1 N–H and O–H groups in total. The summed E-state index contributed by atoms with van der Waals surface area (Å²) in [6.45, 7) is 0. The van der Waals surface area contributed by atoms with E-state index in [1.54, 1.807) is 36.4 Å². The van der Waals surface area contributed by atoms with Crippen molar-refractivity contribution in [2.75, 3.05) is 19.5 Å². The number of carbonyl (C=O) groups excluding carboxylic acids is 1. The molecule has 5 nitrogen and oxygen atoms in total. The van der Waals surface area contributed by atoms with Gasteiger partial charge in [0.05, 0.1) is 19.2 Å². The monoisotopic (exact) mass is 511 g/mol. The number of fused-ring (bicyclic) bond motifs is 1. The van der Waals surface area contributed by atoms with Crippen LogP contribution >= 0.6 is 27.5 Å². The topological polar surface area (TPSA) is 56.8 Å². The number of hydrogen-bond donors (Lipinski definition) is 1. The molecule has 0 saturated heterocycles. The highest BCUT2D eigenvalue weighted by Crippen LogP contribution is 2.38. The number of ether oxygens (including phenoxy) is 3. The molecule has 1 amide bonds. The molecule has 0 bridgehead atoms. The van der Waals surface area contributed by atoms with Gasteiger partial charge in [0, 0.05) is 15.5 Å². The lowest BCUT2D eigenvalue weighted by Gasteiger charge is -2.14. The predicted octanol–water partition coefficient (Wildman–Crippen LogP) is 7.32. The SMILES string of the molecule is COc1cccc(OC)c1C(=O)Nc1ccc(Oc2ccc(Br)c3ccccc23)c(Cl)c1. The Labute approximate surface area is 199 Å². The molecule has 0 radical (unpaired) electrons. The molecule has 0 spiro atoms. The Morgan fingerprint density at radius 1 is 0.812 bits per heavy atom. The van der Waals surface area contributed by atoms with Crippen LogP contribution in [0.25, 0.3) is 10.8 Å². The van der Waals surface area contributed by atoms with Gasteiger partial charge in [0.2, 0.25) is 0 Å². The highest BCUT2D eigenvalue weighted by atomic mass is 79.9. The van der Waals surface area contributed by atoms with Gasteiger partial charge in [-0.05, 0) is 47.9 Å². The summed E-state index contributed by atoms with van der Waals surface area (Å²) in [4.78, 5) is 12.9. The summed E-state index contributed by atoms with van der Waals surface area (Å²) in [6, 6.07) is 22.0. The lowest BCUT2D eigenvalue weighted by molar-refractivity contribution is 0.102. The van der Waals surface area contributed by atoms with Gasteiger partial charge >= 0.3 is 0 Å². The molecule has 0 saturated carbocycles.